The number of carbonyl (C=O) groups excluding carboxylic acids is 2. The van der Waals surface area contributed by atoms with Gasteiger partial charge in [0.2, 0.25) is 0 Å². The van der Waals surface area contributed by atoms with Crippen molar-refractivity contribution in [1.82, 2.24) is 0 Å². The molecule has 1 aromatic rings. The summed E-state index contributed by atoms with van der Waals surface area (Å²) in [6.45, 7) is 6.21. The lowest BCUT2D eigenvalue weighted by molar-refractivity contribution is -0.143. The number of hydrogen-bond acceptors (Lipinski definition) is 4. The molecule has 0 saturated heterocycles. The van der Waals surface area contributed by atoms with Crippen LogP contribution in [0.4, 0.5) is 0 Å². The van der Waals surface area contributed by atoms with E-state index in [0.717, 1.165) is 5.56 Å². The molecule has 22 heavy (non-hydrogen) atoms. The number of ketones is 1. The molecule has 120 valence electrons. The van der Waals surface area contributed by atoms with Gasteiger partial charge in [0.05, 0.1) is 13.2 Å². The van der Waals surface area contributed by atoms with Gasteiger partial charge in [-0.05, 0) is 25.2 Å². The van der Waals surface area contributed by atoms with Crippen LogP contribution in [0.5, 0.6) is 0 Å². The first kappa shape index (κ1) is 18.3. The molecule has 0 aliphatic heterocycles. The molecule has 0 saturated carbocycles. The number of carbonyl (C=O) groups is 2. The third-order valence-electron chi connectivity index (χ3n) is 2.81. The SMILES string of the molecule is COC(=O)CC(=O)C[C@@H](/C=C/c1ccccc1)O[Si](C)(C)C. The van der Waals surface area contributed by atoms with Crippen molar-refractivity contribution in [2.45, 2.75) is 38.6 Å². The smallest absolute Gasteiger partial charge is 0.313 e. The minimum atomic E-state index is -1.79. The van der Waals surface area contributed by atoms with Crippen LogP contribution < -0.4 is 0 Å². The highest BCUT2D eigenvalue weighted by Gasteiger charge is 2.22. The molecule has 5 heteroatoms. The lowest BCUT2D eigenvalue weighted by Gasteiger charge is -2.23. The molecule has 0 radical (unpaired) electrons. The molecule has 1 atom stereocenters. The predicted octanol–water partition coefficient (Wildman–Crippen LogP) is 3.44. The third-order valence-corrected chi connectivity index (χ3v) is 3.82. The fourth-order valence-corrected chi connectivity index (χ4v) is 2.99. The second-order valence-electron chi connectivity index (χ2n) is 6.03. The van der Waals surface area contributed by atoms with Gasteiger partial charge in [-0.25, -0.2) is 0 Å². The van der Waals surface area contributed by atoms with E-state index in [-0.39, 0.29) is 24.7 Å². The highest BCUT2D eigenvalue weighted by Crippen LogP contribution is 2.14. The highest BCUT2D eigenvalue weighted by molar-refractivity contribution is 6.69. The van der Waals surface area contributed by atoms with Gasteiger partial charge in [0, 0.05) is 6.42 Å². The summed E-state index contributed by atoms with van der Waals surface area (Å²) in [5.41, 5.74) is 1.05. The van der Waals surface area contributed by atoms with Gasteiger partial charge in [-0.2, -0.15) is 0 Å². The van der Waals surface area contributed by atoms with Crippen molar-refractivity contribution in [2.75, 3.05) is 7.11 Å². The predicted molar refractivity (Wildman–Crippen MR) is 90.0 cm³/mol. The minimum absolute atomic E-state index is 0.173. The Morgan fingerprint density at radius 1 is 1.18 bits per heavy atom. The summed E-state index contributed by atoms with van der Waals surface area (Å²) in [7, 11) is -0.514. The van der Waals surface area contributed by atoms with Gasteiger partial charge in [-0.3, -0.25) is 9.59 Å². The van der Waals surface area contributed by atoms with E-state index in [9.17, 15) is 9.59 Å². The number of rotatable bonds is 8. The molecule has 0 amide bonds. The van der Waals surface area contributed by atoms with E-state index >= 15 is 0 Å². The molecule has 0 unspecified atom stereocenters. The Labute approximate surface area is 133 Å². The van der Waals surface area contributed by atoms with Crippen molar-refractivity contribution < 1.29 is 18.8 Å². The lowest BCUT2D eigenvalue weighted by Crippen LogP contribution is -2.32. The van der Waals surface area contributed by atoms with Crippen molar-refractivity contribution in [2.24, 2.45) is 0 Å². The fraction of sp³-hybridized carbons (Fsp3) is 0.412. The number of methoxy groups -OCH3 is 1. The Bertz CT molecular complexity index is 517. The molecule has 1 rings (SSSR count). The summed E-state index contributed by atoms with van der Waals surface area (Å²) in [5.74, 6) is -0.684. The average Bonchev–Trinajstić information content (AvgIpc) is 2.44. The topological polar surface area (TPSA) is 52.6 Å². The molecule has 0 aromatic heterocycles. The monoisotopic (exact) mass is 320 g/mol. The van der Waals surface area contributed by atoms with E-state index in [1.54, 1.807) is 0 Å². The number of esters is 1. The third kappa shape index (κ3) is 7.90. The molecular weight excluding hydrogens is 296 g/mol. The molecule has 0 aliphatic carbocycles. The number of hydrogen-bond donors (Lipinski definition) is 0. The highest BCUT2D eigenvalue weighted by atomic mass is 28.4. The maximum absolute atomic E-state index is 11.9. The van der Waals surface area contributed by atoms with Crippen molar-refractivity contribution in [3.8, 4) is 0 Å². The van der Waals surface area contributed by atoms with Gasteiger partial charge in [0.25, 0.3) is 0 Å². The van der Waals surface area contributed by atoms with E-state index in [1.807, 2.05) is 42.5 Å². The number of benzene rings is 1. The first-order chi connectivity index (χ1) is 10.3. The summed E-state index contributed by atoms with van der Waals surface area (Å²) in [6, 6.07) is 9.83. The van der Waals surface area contributed by atoms with E-state index in [2.05, 4.69) is 24.4 Å². The average molecular weight is 320 g/mol. The standard InChI is InChI=1S/C17H24O4Si/c1-20-17(19)13-15(18)12-16(21-22(2,3)4)11-10-14-8-6-5-7-9-14/h5-11,16H,12-13H2,1-4H3/b11-10+/t16-/m1/s1. The van der Waals surface area contributed by atoms with Gasteiger partial charge in [-0.15, -0.1) is 0 Å². The van der Waals surface area contributed by atoms with E-state index in [1.165, 1.54) is 7.11 Å². The molecule has 0 N–H and O–H groups in total. The lowest BCUT2D eigenvalue weighted by atomic mass is 10.1. The zero-order valence-electron chi connectivity index (χ0n) is 13.7. The minimum Gasteiger partial charge on any atom is -0.469 e. The van der Waals surface area contributed by atoms with Crippen LogP contribution in [-0.2, 0) is 18.8 Å². The van der Waals surface area contributed by atoms with Crippen LogP contribution in [0, 0.1) is 0 Å². The summed E-state index contributed by atoms with van der Waals surface area (Å²) < 4.78 is 10.5. The first-order valence-electron chi connectivity index (χ1n) is 7.30. The Kier molecular flexibility index (Phi) is 7.21. The number of ether oxygens (including phenoxy) is 1. The number of Topliss-reactive ketones (excluding diaryl/α,β-unsaturated/α-hetero) is 1. The fourth-order valence-electron chi connectivity index (χ4n) is 1.92. The van der Waals surface area contributed by atoms with Crippen LogP contribution in [0.15, 0.2) is 36.4 Å². The molecule has 1 aromatic carbocycles. The summed E-state index contributed by atoms with van der Waals surface area (Å²) >= 11 is 0. The Hall–Kier alpha value is -1.72. The van der Waals surface area contributed by atoms with E-state index in [0.29, 0.717) is 0 Å². The Morgan fingerprint density at radius 3 is 2.36 bits per heavy atom. The van der Waals surface area contributed by atoms with Gasteiger partial charge >= 0.3 is 5.97 Å². The van der Waals surface area contributed by atoms with Gasteiger partial charge in [-0.1, -0.05) is 42.5 Å². The van der Waals surface area contributed by atoms with Crippen molar-refractivity contribution in [1.29, 1.82) is 0 Å². The Morgan fingerprint density at radius 2 is 1.82 bits per heavy atom. The first-order valence-corrected chi connectivity index (χ1v) is 10.7. The molecule has 0 aliphatic rings. The van der Waals surface area contributed by atoms with Crippen LogP contribution in [0.1, 0.15) is 18.4 Å². The van der Waals surface area contributed by atoms with Crippen molar-refractivity contribution >= 4 is 26.1 Å². The van der Waals surface area contributed by atoms with Gasteiger partial charge in [0.15, 0.2) is 8.32 Å². The normalized spacial score (nSPS) is 13.1. The van der Waals surface area contributed by atoms with Crippen LogP contribution in [0.2, 0.25) is 19.6 Å². The second-order valence-corrected chi connectivity index (χ2v) is 10.5. The molecular formula is C17H24O4Si. The molecule has 0 spiro atoms. The Balaban J connectivity index is 2.73. The van der Waals surface area contributed by atoms with E-state index < -0.39 is 14.3 Å². The van der Waals surface area contributed by atoms with E-state index in [4.69, 9.17) is 4.43 Å². The van der Waals surface area contributed by atoms with Crippen molar-refractivity contribution in [3.05, 3.63) is 42.0 Å². The van der Waals surface area contributed by atoms with Gasteiger partial charge in [0.1, 0.15) is 12.2 Å². The van der Waals surface area contributed by atoms with Crippen molar-refractivity contribution in [3.63, 3.8) is 0 Å². The largest absolute Gasteiger partial charge is 0.469 e. The summed E-state index contributed by atoms with van der Waals surface area (Å²) in [6.07, 6.45) is 3.49. The zero-order valence-corrected chi connectivity index (χ0v) is 14.7. The molecule has 4 nitrogen and oxygen atoms in total. The maximum Gasteiger partial charge on any atom is 0.313 e. The maximum atomic E-state index is 11.9. The van der Waals surface area contributed by atoms with Crippen LogP contribution >= 0.6 is 0 Å². The summed E-state index contributed by atoms with van der Waals surface area (Å²) in [5, 5.41) is 0. The van der Waals surface area contributed by atoms with Crippen LogP contribution in [-0.4, -0.2) is 33.3 Å². The quantitative estimate of drug-likeness (QED) is 0.418. The molecule has 0 fully saturated rings. The van der Waals surface area contributed by atoms with Crippen LogP contribution in [0.3, 0.4) is 0 Å². The zero-order chi connectivity index (χ0) is 16.6. The second kappa shape index (κ2) is 8.65. The van der Waals surface area contributed by atoms with Crippen LogP contribution in [0.25, 0.3) is 6.08 Å². The van der Waals surface area contributed by atoms with Gasteiger partial charge < -0.3 is 9.16 Å². The molecule has 0 heterocycles. The molecule has 0 bridgehead atoms. The summed E-state index contributed by atoms with van der Waals surface area (Å²) in [4.78, 5) is 23.1.